The van der Waals surface area contributed by atoms with Crippen LogP contribution < -0.4 is 11.1 Å². The van der Waals surface area contributed by atoms with E-state index in [0.717, 1.165) is 15.7 Å². The standard InChI is InChI=1S/C12H8F3IN2/c13-8-4-7(5-9(14)12(8)15)18-11-2-1-6(16)3-10(11)17/h1-5,18H,17H2. The summed E-state index contributed by atoms with van der Waals surface area (Å²) in [6.07, 6.45) is 0. The van der Waals surface area contributed by atoms with E-state index >= 15 is 0 Å². The number of hydrogen-bond donors (Lipinski definition) is 2. The lowest BCUT2D eigenvalue weighted by molar-refractivity contribution is 0.448. The Labute approximate surface area is 115 Å². The van der Waals surface area contributed by atoms with Gasteiger partial charge in [0.15, 0.2) is 17.5 Å². The quantitative estimate of drug-likeness (QED) is 0.480. The van der Waals surface area contributed by atoms with Crippen LogP contribution in [-0.4, -0.2) is 0 Å². The second-order valence-electron chi connectivity index (χ2n) is 3.61. The summed E-state index contributed by atoms with van der Waals surface area (Å²) in [7, 11) is 0. The molecule has 0 heterocycles. The molecular weight excluding hydrogens is 356 g/mol. The first-order valence-electron chi connectivity index (χ1n) is 4.94. The van der Waals surface area contributed by atoms with Crippen molar-refractivity contribution >= 4 is 39.7 Å². The van der Waals surface area contributed by atoms with E-state index in [-0.39, 0.29) is 5.69 Å². The molecule has 0 aliphatic carbocycles. The summed E-state index contributed by atoms with van der Waals surface area (Å²) in [6, 6.07) is 6.91. The Bertz CT molecular complexity index is 579. The van der Waals surface area contributed by atoms with E-state index < -0.39 is 17.5 Å². The van der Waals surface area contributed by atoms with Crippen LogP contribution in [0.2, 0.25) is 0 Å². The molecule has 0 spiro atoms. The van der Waals surface area contributed by atoms with Crippen LogP contribution in [0.3, 0.4) is 0 Å². The summed E-state index contributed by atoms with van der Waals surface area (Å²) < 4.78 is 39.8. The third kappa shape index (κ3) is 2.69. The second kappa shape index (κ2) is 5.05. The average Bonchev–Trinajstić information content (AvgIpc) is 2.29. The minimum absolute atomic E-state index is 0.0966. The normalized spacial score (nSPS) is 10.4. The largest absolute Gasteiger partial charge is 0.397 e. The number of nitrogens with two attached hydrogens (primary N) is 1. The molecule has 2 nitrogen and oxygen atoms in total. The Morgan fingerprint density at radius 1 is 1.00 bits per heavy atom. The molecule has 2 aromatic rings. The van der Waals surface area contributed by atoms with E-state index in [1.807, 2.05) is 0 Å². The lowest BCUT2D eigenvalue weighted by Gasteiger charge is -2.10. The molecule has 0 bridgehead atoms. The molecule has 2 aromatic carbocycles. The van der Waals surface area contributed by atoms with Crippen LogP contribution in [0.1, 0.15) is 0 Å². The first-order valence-corrected chi connectivity index (χ1v) is 6.02. The van der Waals surface area contributed by atoms with Crippen molar-refractivity contribution in [1.29, 1.82) is 0 Å². The number of halogens is 4. The van der Waals surface area contributed by atoms with Crippen molar-refractivity contribution in [3.05, 3.63) is 51.4 Å². The van der Waals surface area contributed by atoms with Gasteiger partial charge in [0.1, 0.15) is 0 Å². The van der Waals surface area contributed by atoms with Gasteiger partial charge in [-0.3, -0.25) is 0 Å². The fourth-order valence-electron chi connectivity index (χ4n) is 1.43. The zero-order chi connectivity index (χ0) is 13.3. The van der Waals surface area contributed by atoms with Crippen LogP contribution in [0.15, 0.2) is 30.3 Å². The van der Waals surface area contributed by atoms with Gasteiger partial charge in [-0.05, 0) is 40.8 Å². The van der Waals surface area contributed by atoms with Gasteiger partial charge >= 0.3 is 0 Å². The number of hydrogen-bond acceptors (Lipinski definition) is 2. The molecule has 2 rings (SSSR count). The molecule has 0 atom stereocenters. The molecule has 0 aliphatic rings. The van der Waals surface area contributed by atoms with Crippen LogP contribution in [0.25, 0.3) is 0 Å². The molecule has 0 saturated carbocycles. The molecule has 0 aromatic heterocycles. The Balaban J connectivity index is 2.34. The highest BCUT2D eigenvalue weighted by Crippen LogP contribution is 2.26. The highest BCUT2D eigenvalue weighted by Gasteiger charge is 2.11. The average molecular weight is 364 g/mol. The molecule has 0 saturated heterocycles. The molecule has 18 heavy (non-hydrogen) atoms. The van der Waals surface area contributed by atoms with Crippen molar-refractivity contribution in [3.63, 3.8) is 0 Å². The highest BCUT2D eigenvalue weighted by molar-refractivity contribution is 14.1. The molecule has 6 heteroatoms. The second-order valence-corrected chi connectivity index (χ2v) is 4.86. The number of nitrogens with one attached hydrogen (secondary N) is 1. The smallest absolute Gasteiger partial charge is 0.194 e. The molecule has 94 valence electrons. The van der Waals surface area contributed by atoms with Gasteiger partial charge in [0, 0.05) is 21.4 Å². The molecule has 0 fully saturated rings. The summed E-state index contributed by atoms with van der Waals surface area (Å²) >= 11 is 2.09. The van der Waals surface area contributed by atoms with Gasteiger partial charge in [0.05, 0.1) is 11.4 Å². The number of nitrogen functional groups attached to an aromatic ring is 1. The van der Waals surface area contributed by atoms with Gasteiger partial charge in [-0.2, -0.15) is 0 Å². The zero-order valence-electron chi connectivity index (χ0n) is 8.98. The van der Waals surface area contributed by atoms with Crippen LogP contribution in [-0.2, 0) is 0 Å². The maximum absolute atomic E-state index is 13.0. The summed E-state index contributed by atoms with van der Waals surface area (Å²) in [5, 5.41) is 2.73. The fourth-order valence-corrected chi connectivity index (χ4v) is 1.95. The Morgan fingerprint density at radius 3 is 2.17 bits per heavy atom. The molecular formula is C12H8F3IN2. The lowest BCUT2D eigenvalue weighted by Crippen LogP contribution is -1.99. The van der Waals surface area contributed by atoms with Gasteiger partial charge in [0.2, 0.25) is 0 Å². The summed E-state index contributed by atoms with van der Waals surface area (Å²) in [4.78, 5) is 0. The maximum atomic E-state index is 13.0. The third-order valence-corrected chi connectivity index (χ3v) is 2.95. The monoisotopic (exact) mass is 364 g/mol. The zero-order valence-corrected chi connectivity index (χ0v) is 11.1. The Kier molecular flexibility index (Phi) is 3.65. The van der Waals surface area contributed by atoms with Crippen molar-refractivity contribution in [2.24, 2.45) is 0 Å². The third-order valence-electron chi connectivity index (χ3n) is 2.28. The highest BCUT2D eigenvalue weighted by atomic mass is 127. The predicted molar refractivity (Wildman–Crippen MR) is 73.2 cm³/mol. The van der Waals surface area contributed by atoms with E-state index in [1.165, 1.54) is 0 Å². The predicted octanol–water partition coefficient (Wildman–Crippen LogP) is 4.03. The van der Waals surface area contributed by atoms with Gasteiger partial charge in [0.25, 0.3) is 0 Å². The molecule has 0 aliphatic heterocycles. The maximum Gasteiger partial charge on any atom is 0.194 e. The van der Waals surface area contributed by atoms with Crippen molar-refractivity contribution in [1.82, 2.24) is 0 Å². The lowest BCUT2D eigenvalue weighted by atomic mass is 10.2. The molecule has 0 unspecified atom stereocenters. The summed E-state index contributed by atoms with van der Waals surface area (Å²) in [5.74, 6) is -3.99. The van der Waals surface area contributed by atoms with Gasteiger partial charge in [-0.1, -0.05) is 0 Å². The van der Waals surface area contributed by atoms with Crippen molar-refractivity contribution in [3.8, 4) is 0 Å². The molecule has 0 radical (unpaired) electrons. The molecule has 0 amide bonds. The van der Waals surface area contributed by atoms with Crippen molar-refractivity contribution in [2.45, 2.75) is 0 Å². The van der Waals surface area contributed by atoms with E-state index in [1.54, 1.807) is 18.2 Å². The fraction of sp³-hybridized carbons (Fsp3) is 0. The van der Waals surface area contributed by atoms with Crippen LogP contribution in [0, 0.1) is 21.0 Å². The van der Waals surface area contributed by atoms with Gasteiger partial charge in [-0.25, -0.2) is 13.2 Å². The minimum atomic E-state index is -1.49. The van der Waals surface area contributed by atoms with Crippen LogP contribution in [0.5, 0.6) is 0 Å². The van der Waals surface area contributed by atoms with E-state index in [0.29, 0.717) is 11.4 Å². The first-order chi connectivity index (χ1) is 8.47. The number of benzene rings is 2. The van der Waals surface area contributed by atoms with Crippen LogP contribution >= 0.6 is 22.6 Å². The number of rotatable bonds is 2. The van der Waals surface area contributed by atoms with E-state index in [4.69, 9.17) is 5.73 Å². The summed E-state index contributed by atoms with van der Waals surface area (Å²) in [6.45, 7) is 0. The van der Waals surface area contributed by atoms with E-state index in [2.05, 4.69) is 27.9 Å². The van der Waals surface area contributed by atoms with Crippen LogP contribution in [0.4, 0.5) is 30.2 Å². The van der Waals surface area contributed by atoms with E-state index in [9.17, 15) is 13.2 Å². The number of anilines is 3. The SMILES string of the molecule is Nc1cc(I)ccc1Nc1cc(F)c(F)c(F)c1. The van der Waals surface area contributed by atoms with Crippen molar-refractivity contribution < 1.29 is 13.2 Å². The first kappa shape index (κ1) is 13.0. The topological polar surface area (TPSA) is 38.0 Å². The van der Waals surface area contributed by atoms with Gasteiger partial charge < -0.3 is 11.1 Å². The van der Waals surface area contributed by atoms with Crippen molar-refractivity contribution in [2.75, 3.05) is 11.1 Å². The minimum Gasteiger partial charge on any atom is -0.397 e. The Hall–Kier alpha value is -1.44. The Morgan fingerprint density at radius 2 is 1.61 bits per heavy atom. The summed E-state index contributed by atoms with van der Waals surface area (Å²) in [5.41, 5.74) is 6.78. The molecule has 3 N–H and O–H groups in total. The van der Waals surface area contributed by atoms with Gasteiger partial charge in [-0.15, -0.1) is 0 Å².